The van der Waals surface area contributed by atoms with Gasteiger partial charge in [0.15, 0.2) is 0 Å². The van der Waals surface area contributed by atoms with Crippen molar-refractivity contribution in [3.8, 4) is 0 Å². The van der Waals surface area contributed by atoms with Crippen molar-refractivity contribution in [2.45, 2.75) is 0 Å². The maximum absolute atomic E-state index is 2.30. The van der Waals surface area contributed by atoms with Gasteiger partial charge in [-0.05, 0) is 0 Å². The Bertz CT molecular complexity index is 1840. The first-order chi connectivity index (χ1) is 20.8. The molecule has 0 N–H and O–H groups in total. The summed E-state index contributed by atoms with van der Waals surface area (Å²) >= 11 is -0.770. The van der Waals surface area contributed by atoms with Crippen LogP contribution < -0.4 is 48.4 Å². The Morgan fingerprint density at radius 2 is 0.432 bits per heavy atom. The van der Waals surface area contributed by atoms with E-state index in [9.17, 15) is 0 Å². The molecule has 216 valence electrons. The molecule has 8 rings (SSSR count). The summed E-state index contributed by atoms with van der Waals surface area (Å²) in [4.78, 5) is 0. The fourth-order valence-electron chi connectivity index (χ4n) is 5.38. The molecule has 0 aliphatic rings. The Hall–Kier alpha value is -2.66. The number of hydrogen-bond donors (Lipinski definition) is 0. The number of rotatable bonds is 4. The van der Waals surface area contributed by atoms with Gasteiger partial charge >= 0.3 is 269 Å². The fraction of sp³-hybridized carbons (Fsp3) is 0. The average Bonchev–Trinajstić information content (AvgIpc) is 3.06. The van der Waals surface area contributed by atoms with Gasteiger partial charge in [-0.1, -0.05) is 0 Å². The van der Waals surface area contributed by atoms with E-state index < -0.39 is 0 Å². The van der Waals surface area contributed by atoms with E-state index in [0.717, 1.165) is 0 Å². The Morgan fingerprint density at radius 1 is 0.227 bits per heavy atom. The Labute approximate surface area is 300 Å². The summed E-state index contributed by atoms with van der Waals surface area (Å²) in [6, 6.07) is 61.6. The number of benzene rings is 8. The van der Waals surface area contributed by atoms with Crippen LogP contribution in [0.15, 0.2) is 170 Å². The molecule has 0 unspecified atom stereocenters. The van der Waals surface area contributed by atoms with Crippen LogP contribution in [0.2, 0.25) is 0 Å². The van der Waals surface area contributed by atoms with E-state index in [4.69, 9.17) is 0 Å². The summed E-state index contributed by atoms with van der Waals surface area (Å²) < 4.78 is 6.09. The molecular weight excluding hydrogens is 895 g/mol. The number of halogens is 2. The molecule has 0 aliphatic carbocycles. The van der Waals surface area contributed by atoms with Crippen LogP contribution in [0.25, 0.3) is 43.1 Å². The third kappa shape index (κ3) is 7.24. The molecule has 0 aliphatic heterocycles. The second kappa shape index (κ2) is 15.6. The van der Waals surface area contributed by atoms with Gasteiger partial charge in [0, 0.05) is 0 Å². The number of hydrogen-bond acceptors (Lipinski definition) is 0. The molecule has 0 amide bonds. The molecule has 8 aromatic carbocycles. The molecule has 0 atom stereocenters. The summed E-state index contributed by atoms with van der Waals surface area (Å²) in [6.45, 7) is 0. The molecule has 0 fully saturated rings. The Morgan fingerprint density at radius 3 is 0.682 bits per heavy atom. The van der Waals surface area contributed by atoms with Crippen molar-refractivity contribution in [3.05, 3.63) is 170 Å². The molecule has 4 heteroatoms. The molecule has 0 nitrogen and oxygen atoms in total. The molecule has 0 bridgehead atoms. The Balaban J connectivity index is 0.000000167. The van der Waals surface area contributed by atoms with Crippen molar-refractivity contribution in [2.24, 2.45) is 0 Å². The fourth-order valence-corrected chi connectivity index (χ4v) is 11.8. The molecule has 8 aromatic rings. The normalized spacial score (nSPS) is 10.5. The van der Waals surface area contributed by atoms with Gasteiger partial charge in [0.1, 0.15) is 0 Å². The first-order valence-electron chi connectivity index (χ1n) is 14.1. The van der Waals surface area contributed by atoms with Crippen LogP contribution in [0.4, 0.5) is 0 Å². The summed E-state index contributed by atoms with van der Waals surface area (Å²) in [5, 5.41) is 11.0. The van der Waals surface area contributed by atoms with Crippen LogP contribution in [-0.2, 0) is 0 Å². The van der Waals surface area contributed by atoms with Crippen molar-refractivity contribution < 1.29 is 34.0 Å². The summed E-state index contributed by atoms with van der Waals surface area (Å²) in [5.74, 6) is 0. The summed E-state index contributed by atoms with van der Waals surface area (Å²) in [5.41, 5.74) is 0. The van der Waals surface area contributed by atoms with Crippen LogP contribution >= 0.6 is 0 Å². The predicted octanol–water partition coefficient (Wildman–Crippen LogP) is 1.30. The van der Waals surface area contributed by atoms with Crippen molar-refractivity contribution >= 4 is 99.4 Å². The van der Waals surface area contributed by atoms with Gasteiger partial charge in [0.2, 0.25) is 0 Å². The van der Waals surface area contributed by atoms with E-state index in [1.807, 2.05) is 0 Å². The average molecular weight is 924 g/mol. The van der Waals surface area contributed by atoms with Crippen LogP contribution in [0.3, 0.4) is 0 Å². The van der Waals surface area contributed by atoms with E-state index in [1.54, 1.807) is 0 Å². The minimum absolute atomic E-state index is 0. The third-order valence-electron chi connectivity index (χ3n) is 7.44. The van der Waals surface area contributed by atoms with Crippen LogP contribution in [-0.4, -0.2) is 41.8 Å². The third-order valence-corrected chi connectivity index (χ3v) is 14.0. The van der Waals surface area contributed by atoms with E-state index >= 15 is 0 Å². The van der Waals surface area contributed by atoms with Gasteiger partial charge in [0.05, 0.1) is 0 Å². The van der Waals surface area contributed by atoms with Crippen LogP contribution in [0.1, 0.15) is 0 Å². The molecule has 0 saturated heterocycles. The van der Waals surface area contributed by atoms with Gasteiger partial charge < -0.3 is 34.0 Å². The van der Waals surface area contributed by atoms with E-state index in [-0.39, 0.29) is 75.8 Å². The molecule has 0 aromatic heterocycles. The van der Waals surface area contributed by atoms with Gasteiger partial charge in [-0.15, -0.1) is 0 Å². The van der Waals surface area contributed by atoms with Gasteiger partial charge in [0.25, 0.3) is 0 Å². The van der Waals surface area contributed by atoms with Crippen molar-refractivity contribution in [1.82, 2.24) is 0 Å². The maximum atomic E-state index is 2.30. The van der Waals surface area contributed by atoms with Gasteiger partial charge in [-0.3, -0.25) is 0 Å². The van der Waals surface area contributed by atoms with E-state index in [0.29, 0.717) is 0 Å². The minimum atomic E-state index is -0.385. The summed E-state index contributed by atoms with van der Waals surface area (Å²) in [7, 11) is 0. The molecule has 0 heterocycles. The zero-order valence-electron chi connectivity index (χ0n) is 23.7. The van der Waals surface area contributed by atoms with Crippen LogP contribution in [0, 0.1) is 0 Å². The first-order valence-corrected chi connectivity index (χ1v) is 18.8. The van der Waals surface area contributed by atoms with E-state index in [1.165, 1.54) is 57.5 Å². The van der Waals surface area contributed by atoms with Gasteiger partial charge in [-0.25, -0.2) is 0 Å². The standard InChI is InChI=1S/2C20H14Te.2BrH/c2*1-3-11-17-15(7-1)9-5-13-19(17)21-20-14-6-10-16-8-2-4-12-18(16)20;;/h2*1-14H;2*1H/p-2. The first kappa shape index (κ1) is 32.7. The number of fused-ring (bicyclic) bond motifs is 4. The Kier molecular flexibility index (Phi) is 11.6. The van der Waals surface area contributed by atoms with Crippen molar-refractivity contribution in [2.75, 3.05) is 0 Å². The quantitative estimate of drug-likeness (QED) is 0.234. The predicted molar refractivity (Wildman–Crippen MR) is 186 cm³/mol. The van der Waals surface area contributed by atoms with Gasteiger partial charge in [-0.2, -0.15) is 0 Å². The zero-order valence-corrected chi connectivity index (χ0v) is 31.6. The SMILES string of the molecule is [Br-].[Br-].c1ccc2c([Te]c3cccc4ccccc34)cccc2c1.c1ccc2c([Te]c3cccc4ccccc34)cccc2c1. The van der Waals surface area contributed by atoms with E-state index in [2.05, 4.69) is 170 Å². The topological polar surface area (TPSA) is 0 Å². The molecule has 0 saturated carbocycles. The monoisotopic (exact) mass is 926 g/mol. The molecule has 0 radical (unpaired) electrons. The zero-order chi connectivity index (χ0) is 28.1. The second-order valence-electron chi connectivity index (χ2n) is 10.1. The molecule has 0 spiro atoms. The summed E-state index contributed by atoms with van der Waals surface area (Å²) in [6.07, 6.45) is 0. The van der Waals surface area contributed by atoms with Crippen molar-refractivity contribution in [3.63, 3.8) is 0 Å². The molecule has 44 heavy (non-hydrogen) atoms. The van der Waals surface area contributed by atoms with Crippen molar-refractivity contribution in [1.29, 1.82) is 0 Å². The molecular formula is C40H28Br2Te2-2. The van der Waals surface area contributed by atoms with Crippen LogP contribution in [0.5, 0.6) is 0 Å². The second-order valence-corrected chi connectivity index (χ2v) is 16.3.